The van der Waals surface area contributed by atoms with Crippen LogP contribution in [-0.2, 0) is 21.4 Å². The van der Waals surface area contributed by atoms with Gasteiger partial charge < -0.3 is 5.73 Å². The van der Waals surface area contributed by atoms with Crippen LogP contribution in [-0.4, -0.2) is 24.1 Å². The molecule has 0 radical (unpaired) electrons. The van der Waals surface area contributed by atoms with E-state index < -0.39 is 15.9 Å². The van der Waals surface area contributed by atoms with Crippen molar-refractivity contribution >= 4 is 48.9 Å². The Balaban J connectivity index is 2.22. The lowest BCUT2D eigenvalue weighted by Gasteiger charge is -2.04. The van der Waals surface area contributed by atoms with Gasteiger partial charge >= 0.3 is 0 Å². The third-order valence-electron chi connectivity index (χ3n) is 2.33. The van der Waals surface area contributed by atoms with Gasteiger partial charge in [0.2, 0.25) is 5.91 Å². The molecule has 1 amide bonds. The van der Waals surface area contributed by atoms with E-state index in [2.05, 4.69) is 25.8 Å². The van der Waals surface area contributed by atoms with Crippen LogP contribution in [0.15, 0.2) is 27.1 Å². The lowest BCUT2D eigenvalue weighted by molar-refractivity contribution is -0.118. The third kappa shape index (κ3) is 3.38. The van der Waals surface area contributed by atoms with E-state index in [1.807, 2.05) is 0 Å². The molecule has 2 heterocycles. The first-order valence-electron chi connectivity index (χ1n) is 5.37. The number of thiophene rings is 1. The molecule has 10 heteroatoms. The smallest absolute Gasteiger partial charge is 0.263 e. The van der Waals surface area contributed by atoms with Crippen LogP contribution < -0.4 is 10.5 Å². The zero-order chi connectivity index (χ0) is 14.9. The summed E-state index contributed by atoms with van der Waals surface area (Å²) in [5, 5.41) is 3.84. The van der Waals surface area contributed by atoms with Gasteiger partial charge in [-0.2, -0.15) is 5.10 Å². The predicted molar refractivity (Wildman–Crippen MR) is 79.0 cm³/mol. The number of sulfonamides is 1. The Labute approximate surface area is 128 Å². The minimum absolute atomic E-state index is 0.106. The molecule has 3 N–H and O–H groups in total. The normalized spacial score (nSPS) is 11.5. The summed E-state index contributed by atoms with van der Waals surface area (Å²) in [7, 11) is -3.68. The van der Waals surface area contributed by atoms with Crippen molar-refractivity contribution in [2.24, 2.45) is 5.73 Å². The summed E-state index contributed by atoms with van der Waals surface area (Å²) < 4.78 is 28.8. The van der Waals surface area contributed by atoms with Crippen LogP contribution >= 0.6 is 27.3 Å². The number of anilines is 1. The van der Waals surface area contributed by atoms with Crippen molar-refractivity contribution in [3.63, 3.8) is 0 Å². The van der Waals surface area contributed by atoms with Gasteiger partial charge in [0.25, 0.3) is 10.0 Å². The molecule has 2 aromatic rings. The molecule has 0 unspecified atom stereocenters. The van der Waals surface area contributed by atoms with Crippen molar-refractivity contribution in [1.29, 1.82) is 0 Å². The van der Waals surface area contributed by atoms with Crippen LogP contribution in [0.25, 0.3) is 0 Å². The number of halogens is 1. The van der Waals surface area contributed by atoms with E-state index in [1.165, 1.54) is 34.5 Å². The lowest BCUT2D eigenvalue weighted by atomic mass is 10.5. The molecule has 108 valence electrons. The molecule has 0 aliphatic carbocycles. The minimum Gasteiger partial charge on any atom is -0.368 e. The van der Waals surface area contributed by atoms with Crippen molar-refractivity contribution in [3.8, 4) is 0 Å². The molecule has 20 heavy (non-hydrogen) atoms. The van der Waals surface area contributed by atoms with Crippen LogP contribution in [0.5, 0.6) is 0 Å². The molecular formula is C10H11BrN4O3S2. The molecule has 2 aromatic heterocycles. The number of carbonyl (C=O) groups is 1. The monoisotopic (exact) mass is 378 g/mol. The van der Waals surface area contributed by atoms with Crippen LogP contribution in [0.1, 0.15) is 4.88 Å². The van der Waals surface area contributed by atoms with E-state index in [9.17, 15) is 13.2 Å². The van der Waals surface area contributed by atoms with Crippen molar-refractivity contribution in [3.05, 3.63) is 27.1 Å². The number of nitrogens with two attached hydrogens (primary N) is 1. The molecule has 0 saturated heterocycles. The molecule has 7 nitrogen and oxygen atoms in total. The average Bonchev–Trinajstić information content (AvgIpc) is 2.84. The van der Waals surface area contributed by atoms with E-state index >= 15 is 0 Å². The fourth-order valence-electron chi connectivity index (χ4n) is 1.57. The van der Waals surface area contributed by atoms with Crippen LogP contribution in [0.4, 0.5) is 5.69 Å². The fourth-order valence-corrected chi connectivity index (χ4v) is 5.01. The molecule has 0 spiro atoms. The Morgan fingerprint density at radius 1 is 1.60 bits per heavy atom. The van der Waals surface area contributed by atoms with Gasteiger partial charge in [-0.1, -0.05) is 0 Å². The largest absolute Gasteiger partial charge is 0.368 e. The molecule has 0 atom stereocenters. The highest BCUT2D eigenvalue weighted by Gasteiger charge is 2.20. The number of aromatic nitrogens is 2. The first-order valence-corrected chi connectivity index (χ1v) is 8.47. The molecule has 0 aromatic carbocycles. The molecular weight excluding hydrogens is 368 g/mol. The van der Waals surface area contributed by atoms with Crippen molar-refractivity contribution in [2.45, 2.75) is 18.4 Å². The average molecular weight is 379 g/mol. The van der Waals surface area contributed by atoms with Gasteiger partial charge in [-0.25, -0.2) is 8.42 Å². The minimum atomic E-state index is -3.68. The number of carbonyl (C=O) groups excluding carboxylic acids is 1. The standard InChI is InChI=1S/C10H11BrN4O3S2/c1-6-8(2-9(11)19-6)20(17,18)14-7-3-13-15(4-7)5-10(12)16/h2-4,14H,5H2,1H3,(H2,12,16). The van der Waals surface area contributed by atoms with E-state index in [4.69, 9.17) is 5.73 Å². The summed E-state index contributed by atoms with van der Waals surface area (Å²) in [6, 6.07) is 1.54. The van der Waals surface area contributed by atoms with E-state index in [0.29, 0.717) is 4.88 Å². The van der Waals surface area contributed by atoms with Crippen LogP contribution in [0, 0.1) is 6.92 Å². The summed E-state index contributed by atoms with van der Waals surface area (Å²) in [6.07, 6.45) is 2.72. The second-order valence-electron chi connectivity index (χ2n) is 3.97. The lowest BCUT2D eigenvalue weighted by Crippen LogP contribution is -2.18. The number of rotatable bonds is 5. The highest BCUT2D eigenvalue weighted by molar-refractivity contribution is 9.11. The van der Waals surface area contributed by atoms with Crippen molar-refractivity contribution in [1.82, 2.24) is 9.78 Å². The fraction of sp³-hybridized carbons (Fsp3) is 0.200. The number of nitrogens with zero attached hydrogens (tertiary/aromatic N) is 2. The Kier molecular flexibility index (Phi) is 4.16. The molecule has 0 aliphatic heterocycles. The number of hydrogen-bond acceptors (Lipinski definition) is 5. The third-order valence-corrected chi connectivity index (χ3v) is 5.53. The zero-order valence-electron chi connectivity index (χ0n) is 10.3. The van der Waals surface area contributed by atoms with Gasteiger partial charge in [-0.05, 0) is 28.9 Å². The summed E-state index contributed by atoms with van der Waals surface area (Å²) in [5.41, 5.74) is 5.30. The van der Waals surface area contributed by atoms with Gasteiger partial charge in [0.05, 0.1) is 15.7 Å². The summed E-state index contributed by atoms with van der Waals surface area (Å²) >= 11 is 4.59. The first kappa shape index (κ1) is 15.0. The second kappa shape index (κ2) is 5.54. The number of nitrogens with one attached hydrogen (secondary N) is 1. The Hall–Kier alpha value is -1.39. The molecule has 0 aliphatic rings. The predicted octanol–water partition coefficient (Wildman–Crippen LogP) is 1.30. The van der Waals surface area contributed by atoms with Crippen LogP contribution in [0.2, 0.25) is 0 Å². The molecule has 0 bridgehead atoms. The van der Waals surface area contributed by atoms with E-state index in [-0.39, 0.29) is 17.1 Å². The number of amides is 1. The second-order valence-corrected chi connectivity index (χ2v) is 8.26. The Bertz CT molecular complexity index is 750. The summed E-state index contributed by atoms with van der Waals surface area (Å²) in [6.45, 7) is 1.62. The first-order chi connectivity index (χ1) is 9.28. The summed E-state index contributed by atoms with van der Waals surface area (Å²) in [5.74, 6) is -0.555. The number of hydrogen-bond donors (Lipinski definition) is 2. The maximum absolute atomic E-state index is 12.2. The highest BCUT2D eigenvalue weighted by Crippen LogP contribution is 2.30. The van der Waals surface area contributed by atoms with Crippen molar-refractivity contribution < 1.29 is 13.2 Å². The molecule has 2 rings (SSSR count). The van der Waals surface area contributed by atoms with Crippen LogP contribution in [0.3, 0.4) is 0 Å². The van der Waals surface area contributed by atoms with Gasteiger partial charge in [-0.3, -0.25) is 14.2 Å². The maximum Gasteiger partial charge on any atom is 0.263 e. The zero-order valence-corrected chi connectivity index (χ0v) is 13.5. The molecule has 0 fully saturated rings. The molecule has 0 saturated carbocycles. The maximum atomic E-state index is 12.2. The summed E-state index contributed by atoms with van der Waals surface area (Å²) in [4.78, 5) is 11.6. The van der Waals surface area contributed by atoms with Gasteiger partial charge in [-0.15, -0.1) is 11.3 Å². The van der Waals surface area contributed by atoms with E-state index in [0.717, 1.165) is 3.79 Å². The van der Waals surface area contributed by atoms with Gasteiger partial charge in [0, 0.05) is 11.1 Å². The van der Waals surface area contributed by atoms with Crippen molar-refractivity contribution in [2.75, 3.05) is 4.72 Å². The SMILES string of the molecule is Cc1sc(Br)cc1S(=O)(=O)Nc1cnn(CC(N)=O)c1. The van der Waals surface area contributed by atoms with Gasteiger partial charge in [0.15, 0.2) is 0 Å². The number of aryl methyl sites for hydroxylation is 1. The quantitative estimate of drug-likeness (QED) is 0.817. The Morgan fingerprint density at radius 3 is 2.85 bits per heavy atom. The van der Waals surface area contributed by atoms with E-state index in [1.54, 1.807) is 6.92 Å². The Morgan fingerprint density at radius 2 is 2.30 bits per heavy atom. The van der Waals surface area contributed by atoms with Gasteiger partial charge in [0.1, 0.15) is 11.4 Å². The highest BCUT2D eigenvalue weighted by atomic mass is 79.9. The number of primary amides is 1. The topological polar surface area (TPSA) is 107 Å².